The molecule has 0 aromatic heterocycles. The van der Waals surface area contributed by atoms with Crippen molar-refractivity contribution in [1.82, 2.24) is 0 Å². The second-order valence-electron chi connectivity index (χ2n) is 12.4. The molecule has 1 unspecified atom stereocenters. The van der Waals surface area contributed by atoms with Crippen LogP contribution in [0.3, 0.4) is 0 Å². The topological polar surface area (TPSA) is 69.3 Å². The summed E-state index contributed by atoms with van der Waals surface area (Å²) >= 11 is 0. The van der Waals surface area contributed by atoms with Crippen molar-refractivity contribution in [3.05, 3.63) is 204 Å². The molecular formula is C49H56FeN4P2+2. The number of nitrogens with zero attached hydrogens (tertiary/aromatic N) is 4. The first-order valence-corrected chi connectivity index (χ1v) is 22.4. The molecule has 56 heavy (non-hydrogen) atoms. The van der Waals surface area contributed by atoms with Gasteiger partial charge >= 0.3 is 17.1 Å². The van der Waals surface area contributed by atoms with Crippen LogP contribution in [-0.2, 0) is 17.1 Å². The molecule has 6 rings (SSSR count). The molecule has 288 valence electrons. The van der Waals surface area contributed by atoms with Crippen LogP contribution in [-0.4, -0.2) is 37.2 Å². The molecule has 0 fully saturated rings. The van der Waals surface area contributed by atoms with Crippen LogP contribution in [0.1, 0.15) is 57.3 Å². The molecule has 0 saturated carbocycles. The van der Waals surface area contributed by atoms with Crippen molar-refractivity contribution in [3.63, 3.8) is 0 Å². The first kappa shape index (κ1) is 47.5. The Bertz CT molecular complexity index is 1690. The largest absolute Gasteiger partial charge is 2.00 e. The molecule has 0 heterocycles. The van der Waals surface area contributed by atoms with Crippen molar-refractivity contribution in [3.8, 4) is 0 Å². The van der Waals surface area contributed by atoms with Crippen molar-refractivity contribution in [2.45, 2.75) is 46.2 Å². The van der Waals surface area contributed by atoms with E-state index in [0.29, 0.717) is 0 Å². The molecule has 7 heteroatoms. The van der Waals surface area contributed by atoms with E-state index in [1.54, 1.807) is 13.8 Å². The van der Waals surface area contributed by atoms with Gasteiger partial charge in [0.2, 0.25) is 0 Å². The molecular weight excluding hydrogens is 762 g/mol. The van der Waals surface area contributed by atoms with Crippen LogP contribution < -0.4 is 21.2 Å². The molecule has 0 aliphatic rings. The van der Waals surface area contributed by atoms with Gasteiger partial charge in [-0.2, -0.15) is 0 Å². The Morgan fingerprint density at radius 2 is 0.625 bits per heavy atom. The van der Waals surface area contributed by atoms with Crippen LogP contribution in [0.4, 0.5) is 0 Å². The normalized spacial score (nSPS) is 11.5. The van der Waals surface area contributed by atoms with Crippen LogP contribution in [0.15, 0.2) is 192 Å². The molecule has 0 radical (unpaired) electrons. The Kier molecular flexibility index (Phi) is 25.2. The summed E-state index contributed by atoms with van der Waals surface area (Å²) in [5.74, 6) is 0. The van der Waals surface area contributed by atoms with E-state index in [9.17, 15) is 0 Å². The summed E-state index contributed by atoms with van der Waals surface area (Å²) < 4.78 is 0. The van der Waals surface area contributed by atoms with Gasteiger partial charge in [0, 0.05) is 12.4 Å². The Hall–Kier alpha value is -4.62. The zero-order chi connectivity index (χ0) is 39.4. The maximum absolute atomic E-state index is 7.44. The molecule has 0 saturated heterocycles. The van der Waals surface area contributed by atoms with E-state index >= 15 is 0 Å². The van der Waals surface area contributed by atoms with E-state index in [0.717, 1.165) is 24.8 Å². The maximum Gasteiger partial charge on any atom is 2.00 e. The van der Waals surface area contributed by atoms with Crippen molar-refractivity contribution in [2.24, 2.45) is 9.98 Å². The predicted octanol–water partition coefficient (Wildman–Crippen LogP) is 11.0. The smallest absolute Gasteiger partial charge is 0.814 e. The van der Waals surface area contributed by atoms with Gasteiger partial charge in [0.1, 0.15) is 24.4 Å². The van der Waals surface area contributed by atoms with Crippen LogP contribution in [0.5, 0.6) is 0 Å². The van der Waals surface area contributed by atoms with Gasteiger partial charge in [-0.3, -0.25) is 9.98 Å². The predicted molar refractivity (Wildman–Crippen MR) is 252 cm³/mol. The van der Waals surface area contributed by atoms with E-state index in [1.165, 1.54) is 38.8 Å². The third-order valence-electron chi connectivity index (χ3n) is 8.19. The van der Waals surface area contributed by atoms with Crippen LogP contribution in [0, 0.1) is 0 Å². The molecule has 0 spiro atoms. The standard InChI is InChI=1S/C42H38N2P2.C3H8.2C2H4N.Fe/c1-7-19-35(20-8-1)41(43-31-33-45(37-23-11-3-12-24-37)38-25-13-4-14-26-38)42(36-21-9-2-10-22-36)44-32-34-46(39-27-15-5-16-28-39)40-29-17-6-18-30-40;1-3-2;2*1-2-3;/h1-32,41-42H,33-34H2;3H2,1-2H3;2*2H,1H3;/q;;2*-1;+2/p+2/t41-,42?;;;;/m1..../s1. The first-order valence-electron chi connectivity index (χ1n) is 19.0. The zero-order valence-corrected chi connectivity index (χ0v) is 36.2. The number of aliphatic imine (C=N–C) groups is 2. The number of benzene rings is 6. The van der Waals surface area contributed by atoms with Crippen molar-refractivity contribution in [2.75, 3.05) is 12.3 Å². The Labute approximate surface area is 349 Å². The third kappa shape index (κ3) is 16.6. The van der Waals surface area contributed by atoms with Gasteiger partial charge in [0.15, 0.2) is 0 Å². The van der Waals surface area contributed by atoms with E-state index in [-0.39, 0.29) is 29.2 Å². The number of hydrogen-bond donors (Lipinski definition) is 0. The molecule has 0 bridgehead atoms. The third-order valence-corrected chi connectivity index (χ3v) is 13.5. The monoisotopic (exact) mass is 818 g/mol. The summed E-state index contributed by atoms with van der Waals surface area (Å²) in [6, 6.07) is 64.7. The summed E-state index contributed by atoms with van der Waals surface area (Å²) in [5, 5.41) is 20.5. The molecule has 6 aromatic rings. The summed E-state index contributed by atoms with van der Waals surface area (Å²) in [5.41, 5.74) is 2.35. The van der Waals surface area contributed by atoms with E-state index in [1.807, 2.05) is 0 Å². The van der Waals surface area contributed by atoms with Gasteiger partial charge < -0.3 is 10.8 Å². The first-order chi connectivity index (χ1) is 27.1. The quantitative estimate of drug-likeness (QED) is 0.0633. The fourth-order valence-electron chi connectivity index (χ4n) is 5.88. The molecule has 0 aliphatic heterocycles. The Balaban J connectivity index is 0.000000991. The molecule has 0 amide bonds. The van der Waals surface area contributed by atoms with Crippen molar-refractivity contribution < 1.29 is 17.1 Å². The molecule has 0 N–H and O–H groups in total. The summed E-state index contributed by atoms with van der Waals surface area (Å²) in [4.78, 5) is 10.7. The maximum atomic E-state index is 7.44. The van der Waals surface area contributed by atoms with E-state index in [4.69, 9.17) is 20.8 Å². The van der Waals surface area contributed by atoms with Crippen molar-refractivity contribution >= 4 is 61.9 Å². The second-order valence-corrected chi connectivity index (χ2v) is 17.5. The molecule has 2 atom stereocenters. The minimum Gasteiger partial charge on any atom is -0.814 e. The summed E-state index contributed by atoms with van der Waals surface area (Å²) in [6.07, 6.45) is 9.42. The fourth-order valence-corrected chi connectivity index (χ4v) is 10.4. The minimum absolute atomic E-state index is 0. The van der Waals surface area contributed by atoms with Gasteiger partial charge in [-0.25, -0.2) is 12.4 Å². The summed E-state index contributed by atoms with van der Waals surface area (Å²) in [6.45, 7) is 7.36. The van der Waals surface area contributed by atoms with Crippen LogP contribution in [0.25, 0.3) is 10.8 Å². The minimum atomic E-state index is -1.04. The summed E-state index contributed by atoms with van der Waals surface area (Å²) in [7, 11) is -2.08. The number of hydrogen-bond acceptors (Lipinski definition) is 2. The average Bonchev–Trinajstić information content (AvgIpc) is 3.24. The van der Waals surface area contributed by atoms with Crippen molar-refractivity contribution in [1.29, 1.82) is 0 Å². The average molecular weight is 819 g/mol. The van der Waals surface area contributed by atoms with Gasteiger partial charge in [0.25, 0.3) is 0 Å². The van der Waals surface area contributed by atoms with Crippen LogP contribution >= 0.6 is 15.8 Å². The fraction of sp³-hybridized carbons (Fsp3) is 0.184. The SMILES string of the molecule is C(C[PH+](c1ccccc1)c1ccccc1)=NC(c1ccccc1)[C@H](N=CC[PH+](c1ccccc1)c1ccccc1)c1ccccc1.CC=[N-].CC=[N-].CCC.[Fe+2]. The van der Waals surface area contributed by atoms with E-state index in [2.05, 4.69) is 208 Å². The number of rotatable bonds is 13. The van der Waals surface area contributed by atoms with Gasteiger partial charge in [-0.1, -0.05) is 168 Å². The second kappa shape index (κ2) is 29.6. The molecule has 0 aliphatic carbocycles. The van der Waals surface area contributed by atoms with Gasteiger partial charge in [0.05, 0.1) is 37.1 Å². The zero-order valence-electron chi connectivity index (χ0n) is 33.0. The van der Waals surface area contributed by atoms with Crippen LogP contribution in [0.2, 0.25) is 0 Å². The Morgan fingerprint density at radius 1 is 0.429 bits per heavy atom. The molecule has 4 nitrogen and oxygen atoms in total. The van der Waals surface area contributed by atoms with E-state index < -0.39 is 15.8 Å². The van der Waals surface area contributed by atoms with Gasteiger partial charge in [-0.05, 0) is 59.7 Å². The molecule has 6 aromatic carbocycles. The van der Waals surface area contributed by atoms with Gasteiger partial charge in [-0.15, -0.1) is 0 Å². The Morgan fingerprint density at radius 3 is 0.839 bits per heavy atom.